The van der Waals surface area contributed by atoms with E-state index in [9.17, 15) is 49.4 Å². The van der Waals surface area contributed by atoms with Gasteiger partial charge in [-0.15, -0.1) is 0 Å². The zero-order valence-corrected chi connectivity index (χ0v) is 24.7. The predicted molar refractivity (Wildman–Crippen MR) is 152 cm³/mol. The Kier molecular flexibility index (Phi) is 8.90. The highest BCUT2D eigenvalue weighted by Crippen LogP contribution is 2.48. The van der Waals surface area contributed by atoms with Gasteiger partial charge in [-0.3, -0.25) is 9.88 Å². The molecule has 0 unspecified atom stereocenters. The van der Waals surface area contributed by atoms with Crippen molar-refractivity contribution in [2.75, 3.05) is 36.1 Å². The van der Waals surface area contributed by atoms with Gasteiger partial charge in [-0.25, -0.2) is 4.79 Å². The molecule has 2 aliphatic heterocycles. The largest absolute Gasteiger partial charge is 0.465 e. The molecule has 3 N–H and O–H groups in total. The van der Waals surface area contributed by atoms with Gasteiger partial charge in [0.25, 0.3) is 0 Å². The van der Waals surface area contributed by atoms with E-state index in [2.05, 4.69) is 4.98 Å². The Morgan fingerprint density at radius 2 is 1.53 bits per heavy atom. The lowest BCUT2D eigenvalue weighted by molar-refractivity contribution is -0.143. The standard InChI is InChI=1S/C31H29F9N4O3/c1-2-28(41)15-24(23-14-19(29(32,33)34)3-4-25(23)44(28)27(45)46)26-18(12-22(16-42-26)43-5-7-47-8-6-43)9-17-10-20(30(35,36)37)13-21(11-17)31(38,39)40/h3-4,10-14,16,24H,2,5-9,15,41H2,1H3,(H,45,46)/t24-,28+/m0/s1. The molecule has 2 atom stereocenters. The number of pyridine rings is 1. The highest BCUT2D eigenvalue weighted by Gasteiger charge is 2.47. The summed E-state index contributed by atoms with van der Waals surface area (Å²) < 4.78 is 129. The van der Waals surface area contributed by atoms with E-state index >= 15 is 0 Å². The van der Waals surface area contributed by atoms with Crippen molar-refractivity contribution >= 4 is 17.5 Å². The Morgan fingerprint density at radius 3 is 2.06 bits per heavy atom. The summed E-state index contributed by atoms with van der Waals surface area (Å²) in [5, 5.41) is 10.1. The molecule has 16 heteroatoms. The molecule has 5 rings (SSSR count). The van der Waals surface area contributed by atoms with Crippen molar-refractivity contribution in [1.82, 2.24) is 4.98 Å². The van der Waals surface area contributed by atoms with Crippen molar-refractivity contribution in [2.24, 2.45) is 5.73 Å². The summed E-state index contributed by atoms with van der Waals surface area (Å²) in [5.74, 6) is -1.12. The van der Waals surface area contributed by atoms with Gasteiger partial charge in [-0.05, 0) is 78.4 Å². The van der Waals surface area contributed by atoms with Crippen LogP contribution in [0.2, 0.25) is 0 Å². The molecule has 1 saturated heterocycles. The van der Waals surface area contributed by atoms with E-state index in [0.717, 1.165) is 17.0 Å². The Hall–Kier alpha value is -4.05. The zero-order valence-electron chi connectivity index (χ0n) is 24.7. The Balaban J connectivity index is 1.74. The van der Waals surface area contributed by atoms with Crippen LogP contribution in [-0.2, 0) is 29.7 Å². The molecule has 3 heterocycles. The molecule has 0 bridgehead atoms. The molecule has 0 aliphatic carbocycles. The maximum atomic E-state index is 13.9. The number of aromatic nitrogens is 1. The quantitative estimate of drug-likeness (QED) is 0.270. The first-order valence-corrected chi connectivity index (χ1v) is 14.4. The zero-order chi connectivity index (χ0) is 34.5. The number of hydrogen-bond acceptors (Lipinski definition) is 5. The van der Waals surface area contributed by atoms with Gasteiger partial charge in [-0.2, -0.15) is 39.5 Å². The van der Waals surface area contributed by atoms with Gasteiger partial charge in [0.15, 0.2) is 0 Å². The van der Waals surface area contributed by atoms with Crippen LogP contribution in [0, 0.1) is 0 Å². The van der Waals surface area contributed by atoms with Crippen molar-refractivity contribution in [2.45, 2.75) is 56.3 Å². The minimum atomic E-state index is -5.11. The number of ether oxygens (including phenoxy) is 1. The summed E-state index contributed by atoms with van der Waals surface area (Å²) >= 11 is 0. The Morgan fingerprint density at radius 1 is 0.936 bits per heavy atom. The Labute approximate surface area is 262 Å². The van der Waals surface area contributed by atoms with E-state index < -0.39 is 59.3 Å². The number of halogens is 9. The summed E-state index contributed by atoms with van der Waals surface area (Å²) in [4.78, 5) is 19.6. The minimum absolute atomic E-state index is 0.00732. The SMILES string of the molecule is CC[C@]1(N)C[C@H](c2ncc(N3CCOCC3)cc2Cc2cc(C(F)(F)F)cc(C(F)(F)F)c2)c2cc(C(F)(F)F)ccc2N1C(=O)O. The van der Waals surface area contributed by atoms with E-state index in [4.69, 9.17) is 10.5 Å². The van der Waals surface area contributed by atoms with E-state index in [1.165, 1.54) is 12.3 Å². The third-order valence-corrected chi connectivity index (χ3v) is 8.51. The monoisotopic (exact) mass is 676 g/mol. The second-order valence-corrected chi connectivity index (χ2v) is 11.5. The van der Waals surface area contributed by atoms with Gasteiger partial charge in [0.2, 0.25) is 0 Å². The number of alkyl halides is 9. The number of anilines is 2. The highest BCUT2D eigenvalue weighted by molar-refractivity contribution is 5.90. The van der Waals surface area contributed by atoms with E-state index in [0.29, 0.717) is 50.2 Å². The van der Waals surface area contributed by atoms with Crippen molar-refractivity contribution in [3.8, 4) is 0 Å². The normalized spacial score (nSPS) is 20.7. The number of nitrogens with zero attached hydrogens (tertiary/aromatic N) is 3. The fourth-order valence-electron chi connectivity index (χ4n) is 6.15. The van der Waals surface area contributed by atoms with Gasteiger partial charge in [0.05, 0.1) is 53.2 Å². The van der Waals surface area contributed by atoms with Crippen molar-refractivity contribution in [3.63, 3.8) is 0 Å². The minimum Gasteiger partial charge on any atom is -0.465 e. The fraction of sp³-hybridized carbons (Fsp3) is 0.419. The second-order valence-electron chi connectivity index (χ2n) is 11.5. The van der Waals surface area contributed by atoms with Gasteiger partial charge < -0.3 is 20.5 Å². The van der Waals surface area contributed by atoms with Crippen LogP contribution >= 0.6 is 0 Å². The summed E-state index contributed by atoms with van der Waals surface area (Å²) in [6.45, 7) is 3.07. The molecule has 0 radical (unpaired) electrons. The van der Waals surface area contributed by atoms with Gasteiger partial charge in [0.1, 0.15) is 5.66 Å². The number of fused-ring (bicyclic) bond motifs is 1. The maximum Gasteiger partial charge on any atom is 0.416 e. The molecule has 2 aromatic carbocycles. The average Bonchev–Trinajstić information content (AvgIpc) is 2.99. The number of amides is 1. The summed E-state index contributed by atoms with van der Waals surface area (Å²) in [6, 6.07) is 5.18. The lowest BCUT2D eigenvalue weighted by Crippen LogP contribution is -2.61. The third-order valence-electron chi connectivity index (χ3n) is 8.51. The molecule has 7 nitrogen and oxygen atoms in total. The highest BCUT2D eigenvalue weighted by atomic mass is 19.4. The smallest absolute Gasteiger partial charge is 0.416 e. The molecular formula is C31H29F9N4O3. The topological polar surface area (TPSA) is 91.9 Å². The molecule has 1 aromatic heterocycles. The molecule has 254 valence electrons. The molecule has 47 heavy (non-hydrogen) atoms. The first-order valence-electron chi connectivity index (χ1n) is 14.4. The molecule has 2 aliphatic rings. The molecule has 1 amide bonds. The summed E-state index contributed by atoms with van der Waals surface area (Å²) in [5.41, 5.74) is 0.822. The number of benzene rings is 2. The van der Waals surface area contributed by atoms with Crippen LogP contribution < -0.4 is 15.5 Å². The second kappa shape index (κ2) is 12.2. The number of hydrogen-bond donors (Lipinski definition) is 2. The number of nitrogens with two attached hydrogens (primary N) is 1. The molecule has 0 spiro atoms. The lowest BCUT2D eigenvalue weighted by Gasteiger charge is -2.46. The van der Waals surface area contributed by atoms with E-state index in [-0.39, 0.29) is 47.0 Å². The van der Waals surface area contributed by atoms with Crippen LogP contribution in [0.25, 0.3) is 0 Å². The molecular weight excluding hydrogens is 647 g/mol. The van der Waals surface area contributed by atoms with Gasteiger partial charge in [-0.1, -0.05) is 6.92 Å². The van der Waals surface area contributed by atoms with Crippen LogP contribution in [-0.4, -0.2) is 48.1 Å². The van der Waals surface area contributed by atoms with Crippen molar-refractivity contribution in [1.29, 1.82) is 0 Å². The number of morpholine rings is 1. The lowest BCUT2D eigenvalue weighted by atomic mass is 9.77. The van der Waals surface area contributed by atoms with Gasteiger partial charge >= 0.3 is 24.6 Å². The maximum absolute atomic E-state index is 13.9. The van der Waals surface area contributed by atoms with Crippen LogP contribution in [0.3, 0.4) is 0 Å². The van der Waals surface area contributed by atoms with E-state index in [1.54, 1.807) is 6.92 Å². The predicted octanol–water partition coefficient (Wildman–Crippen LogP) is 7.65. The molecule has 1 fully saturated rings. The fourth-order valence-corrected chi connectivity index (χ4v) is 6.15. The molecule has 0 saturated carbocycles. The van der Waals surface area contributed by atoms with Crippen LogP contribution in [0.15, 0.2) is 48.7 Å². The van der Waals surface area contributed by atoms with Crippen molar-refractivity contribution < 1.29 is 54.2 Å². The van der Waals surface area contributed by atoms with Crippen LogP contribution in [0.4, 0.5) is 55.7 Å². The summed E-state index contributed by atoms with van der Waals surface area (Å²) in [6.07, 6.45) is -15.9. The van der Waals surface area contributed by atoms with E-state index in [1.807, 2.05) is 4.90 Å². The third kappa shape index (κ3) is 6.98. The average molecular weight is 677 g/mol. The first-order chi connectivity index (χ1) is 21.8. The Bertz CT molecular complexity index is 1620. The number of carboxylic acid groups (broad SMARTS) is 1. The van der Waals surface area contributed by atoms with Crippen molar-refractivity contribution in [3.05, 3.63) is 87.7 Å². The van der Waals surface area contributed by atoms with Crippen LogP contribution in [0.5, 0.6) is 0 Å². The number of carbonyl (C=O) groups is 1. The molecule has 3 aromatic rings. The number of rotatable bonds is 5. The van der Waals surface area contributed by atoms with Gasteiger partial charge in [0, 0.05) is 19.0 Å². The van der Waals surface area contributed by atoms with Crippen LogP contribution in [0.1, 0.15) is 64.8 Å². The first kappa shape index (κ1) is 34.3. The summed E-state index contributed by atoms with van der Waals surface area (Å²) in [7, 11) is 0.